The van der Waals surface area contributed by atoms with Gasteiger partial charge in [-0.1, -0.05) is 12.1 Å². The third-order valence-corrected chi connectivity index (χ3v) is 5.78. The van der Waals surface area contributed by atoms with Gasteiger partial charge in [0, 0.05) is 24.8 Å². The van der Waals surface area contributed by atoms with Crippen molar-refractivity contribution >= 4 is 15.9 Å². The average molecular weight is 380 g/mol. The second-order valence-electron chi connectivity index (χ2n) is 6.36. The highest BCUT2D eigenvalue weighted by Crippen LogP contribution is 2.39. The number of nitrogens with zero attached hydrogens (tertiary/aromatic N) is 1. The van der Waals surface area contributed by atoms with Crippen LogP contribution in [-0.4, -0.2) is 44.5 Å². The van der Waals surface area contributed by atoms with E-state index in [1.54, 1.807) is 17.0 Å². The van der Waals surface area contributed by atoms with E-state index in [-0.39, 0.29) is 22.4 Å². The second kappa shape index (κ2) is 6.99. The van der Waals surface area contributed by atoms with Crippen LogP contribution in [0.5, 0.6) is 0 Å². The summed E-state index contributed by atoms with van der Waals surface area (Å²) in [6, 6.07) is 7.57. The Morgan fingerprint density at radius 3 is 2.54 bits per heavy atom. The molecule has 2 heterocycles. The molecule has 2 aromatic rings. The van der Waals surface area contributed by atoms with E-state index in [2.05, 4.69) is 5.16 Å². The summed E-state index contributed by atoms with van der Waals surface area (Å²) in [7, 11) is -1.97. The summed E-state index contributed by atoms with van der Waals surface area (Å²) in [5, 5.41) is 2.29. The number of methoxy groups -OCH3 is 1. The Morgan fingerprint density at radius 1 is 1.31 bits per heavy atom. The lowest BCUT2D eigenvalue weighted by Gasteiger charge is -2.38. The average Bonchev–Trinajstić information content (AvgIpc) is 3.06. The smallest absolute Gasteiger partial charge is 0.409 e. The minimum absolute atomic E-state index is 0.0329. The highest BCUT2D eigenvalue weighted by molar-refractivity contribution is 7.90. The summed E-state index contributed by atoms with van der Waals surface area (Å²) in [5.74, 6) is 0.520. The predicted octanol–water partition coefficient (Wildman–Crippen LogP) is 2.06. The third kappa shape index (κ3) is 3.67. The van der Waals surface area contributed by atoms with Gasteiger partial charge in [0.05, 0.1) is 18.0 Å². The van der Waals surface area contributed by atoms with Crippen LogP contribution in [0.4, 0.5) is 4.79 Å². The van der Waals surface area contributed by atoms with Crippen LogP contribution in [0, 0.1) is 0 Å². The van der Waals surface area contributed by atoms with Gasteiger partial charge in [0.2, 0.25) is 0 Å². The maximum absolute atomic E-state index is 12.2. The number of hydrogen-bond donors (Lipinski definition) is 1. The summed E-state index contributed by atoms with van der Waals surface area (Å²) in [4.78, 5) is 25.3. The molecule has 2 atom stereocenters. The molecule has 1 aliphatic heterocycles. The number of carbonyl (C=O) groups is 1. The van der Waals surface area contributed by atoms with Crippen molar-refractivity contribution in [2.24, 2.45) is 0 Å². The zero-order valence-electron chi connectivity index (χ0n) is 14.5. The second-order valence-corrected chi connectivity index (χ2v) is 8.37. The number of amides is 1. The summed E-state index contributed by atoms with van der Waals surface area (Å²) < 4.78 is 33.4. The van der Waals surface area contributed by atoms with Crippen molar-refractivity contribution in [3.8, 4) is 0 Å². The van der Waals surface area contributed by atoms with Crippen LogP contribution in [0.3, 0.4) is 0 Å². The fraction of sp³-hybridized carbons (Fsp3) is 0.412. The molecule has 0 unspecified atom stereocenters. The Labute approximate surface area is 150 Å². The zero-order valence-corrected chi connectivity index (χ0v) is 15.3. The molecule has 0 saturated carbocycles. The van der Waals surface area contributed by atoms with Gasteiger partial charge in [0.15, 0.2) is 9.84 Å². The molecule has 1 amide bonds. The number of sulfone groups is 1. The minimum Gasteiger partial charge on any atom is -0.453 e. The van der Waals surface area contributed by atoms with E-state index in [4.69, 9.17) is 9.26 Å². The van der Waals surface area contributed by atoms with E-state index in [1.807, 2.05) is 0 Å². The van der Waals surface area contributed by atoms with Gasteiger partial charge in [-0.2, -0.15) is 5.16 Å². The molecule has 1 aromatic carbocycles. The van der Waals surface area contributed by atoms with Crippen molar-refractivity contribution in [2.75, 3.05) is 19.9 Å². The van der Waals surface area contributed by atoms with Gasteiger partial charge in [-0.3, -0.25) is 4.79 Å². The molecule has 0 spiro atoms. The Bertz CT molecular complexity index is 944. The van der Waals surface area contributed by atoms with Crippen molar-refractivity contribution < 1.29 is 22.5 Å². The highest BCUT2D eigenvalue weighted by atomic mass is 32.2. The topological polar surface area (TPSA) is 110 Å². The Balaban J connectivity index is 1.92. The van der Waals surface area contributed by atoms with Crippen LogP contribution in [0.15, 0.2) is 44.5 Å². The largest absolute Gasteiger partial charge is 0.453 e. The Kier molecular flexibility index (Phi) is 4.90. The quantitative estimate of drug-likeness (QED) is 0.873. The molecule has 1 saturated heterocycles. The van der Waals surface area contributed by atoms with E-state index < -0.39 is 15.9 Å². The number of hydrogen-bond acceptors (Lipinski definition) is 6. The number of benzene rings is 1. The molecule has 1 aromatic heterocycles. The van der Waals surface area contributed by atoms with Gasteiger partial charge in [-0.15, -0.1) is 0 Å². The number of carbonyl (C=O) groups excluding carboxylic acids is 1. The molecule has 26 heavy (non-hydrogen) atoms. The molecule has 9 heteroatoms. The van der Waals surface area contributed by atoms with E-state index in [9.17, 15) is 18.0 Å². The third-order valence-electron chi connectivity index (χ3n) is 4.65. The van der Waals surface area contributed by atoms with Gasteiger partial charge in [-0.25, -0.2) is 13.2 Å². The zero-order chi connectivity index (χ0) is 18.9. The summed E-state index contributed by atoms with van der Waals surface area (Å²) in [6.45, 7) is 0.435. The fourth-order valence-corrected chi connectivity index (χ4v) is 3.94. The fourth-order valence-electron chi connectivity index (χ4n) is 3.31. The first-order valence-electron chi connectivity index (χ1n) is 8.12. The molecule has 1 aliphatic rings. The van der Waals surface area contributed by atoms with Crippen LogP contribution >= 0.6 is 0 Å². The van der Waals surface area contributed by atoms with Crippen molar-refractivity contribution in [3.05, 3.63) is 52.0 Å². The first-order chi connectivity index (χ1) is 12.3. The molecule has 0 bridgehead atoms. The molecule has 0 radical (unpaired) electrons. The maximum atomic E-state index is 12.2. The van der Waals surface area contributed by atoms with Crippen LogP contribution in [-0.2, 0) is 14.6 Å². The predicted molar refractivity (Wildman–Crippen MR) is 92.7 cm³/mol. The molecule has 140 valence electrons. The number of likely N-dealkylation sites (tertiary alicyclic amines) is 1. The van der Waals surface area contributed by atoms with Gasteiger partial charge < -0.3 is 14.2 Å². The number of rotatable bonds is 3. The summed E-state index contributed by atoms with van der Waals surface area (Å²) >= 11 is 0. The van der Waals surface area contributed by atoms with Gasteiger partial charge >= 0.3 is 6.09 Å². The van der Waals surface area contributed by atoms with Gasteiger partial charge in [0.1, 0.15) is 5.76 Å². The monoisotopic (exact) mass is 380 g/mol. The van der Waals surface area contributed by atoms with E-state index in [0.29, 0.717) is 25.1 Å². The number of H-pyrrole nitrogens is 1. The van der Waals surface area contributed by atoms with Gasteiger partial charge in [-0.05, 0) is 30.5 Å². The SMILES string of the molecule is COC(=O)N1CC[C@H](c2cc(=O)[nH]o2)C[C@H]1c1ccc(S(C)(=O)=O)cc1. The molecule has 0 aliphatic carbocycles. The van der Waals surface area contributed by atoms with Crippen LogP contribution in [0.2, 0.25) is 0 Å². The first kappa shape index (κ1) is 18.2. The molecule has 8 nitrogen and oxygen atoms in total. The lowest BCUT2D eigenvalue weighted by atomic mass is 9.86. The lowest BCUT2D eigenvalue weighted by molar-refractivity contribution is 0.0815. The Hall–Kier alpha value is -2.55. The van der Waals surface area contributed by atoms with Crippen molar-refractivity contribution in [2.45, 2.75) is 29.7 Å². The highest BCUT2D eigenvalue weighted by Gasteiger charge is 2.35. The number of nitrogens with one attached hydrogen (secondary N) is 1. The molecule has 1 fully saturated rings. The summed E-state index contributed by atoms with van der Waals surface area (Å²) in [6.07, 6.45) is 1.87. The summed E-state index contributed by atoms with van der Waals surface area (Å²) in [5.41, 5.74) is 0.495. The van der Waals surface area contributed by atoms with Gasteiger partial charge in [0.25, 0.3) is 5.56 Å². The van der Waals surface area contributed by atoms with Crippen molar-refractivity contribution in [1.29, 1.82) is 0 Å². The standard InChI is InChI=1S/C17H20N2O6S/c1-24-17(21)19-8-7-12(15-10-16(20)18-25-15)9-14(19)11-3-5-13(6-4-11)26(2,22)23/h3-6,10,12,14H,7-9H2,1-2H3,(H,18,20)/t12-,14-/m0/s1. The van der Waals surface area contributed by atoms with E-state index in [1.165, 1.54) is 25.3 Å². The van der Waals surface area contributed by atoms with Crippen molar-refractivity contribution in [3.63, 3.8) is 0 Å². The molecule has 3 rings (SSSR count). The number of aromatic nitrogens is 1. The molecule has 1 N–H and O–H groups in total. The van der Waals surface area contributed by atoms with E-state index >= 15 is 0 Å². The number of aromatic amines is 1. The number of piperidine rings is 1. The normalized spacial score (nSPS) is 20.8. The Morgan fingerprint density at radius 2 is 2.00 bits per heavy atom. The van der Waals surface area contributed by atoms with E-state index in [0.717, 1.165) is 11.8 Å². The maximum Gasteiger partial charge on any atom is 0.409 e. The molecular formula is C17H20N2O6S. The first-order valence-corrected chi connectivity index (χ1v) is 10.0. The van der Waals surface area contributed by atoms with Crippen molar-refractivity contribution in [1.82, 2.24) is 10.1 Å². The molecular weight excluding hydrogens is 360 g/mol. The number of ether oxygens (including phenoxy) is 1. The van der Waals surface area contributed by atoms with Crippen LogP contribution < -0.4 is 5.56 Å². The van der Waals surface area contributed by atoms with Crippen LogP contribution in [0.25, 0.3) is 0 Å². The lowest BCUT2D eigenvalue weighted by Crippen LogP contribution is -2.40. The minimum atomic E-state index is -3.29. The van der Waals surface area contributed by atoms with Crippen LogP contribution in [0.1, 0.15) is 36.1 Å².